The van der Waals surface area contributed by atoms with Crippen LogP contribution in [0.5, 0.6) is 0 Å². The standard InChI is InChI=1S/C12H21N3O/c1-2-3-5-13-12-14-6-7-15(12)9-11-4-8-16-10-11/h6-7,11H,2-5,8-10H2,1H3,(H,13,14). The molecule has 16 heavy (non-hydrogen) atoms. The van der Waals surface area contributed by atoms with E-state index in [0.29, 0.717) is 5.92 Å². The fraction of sp³-hybridized carbons (Fsp3) is 0.750. The van der Waals surface area contributed by atoms with E-state index in [9.17, 15) is 0 Å². The van der Waals surface area contributed by atoms with Gasteiger partial charge >= 0.3 is 0 Å². The Labute approximate surface area is 97.0 Å². The van der Waals surface area contributed by atoms with Crippen molar-refractivity contribution in [2.75, 3.05) is 25.1 Å². The van der Waals surface area contributed by atoms with Crippen molar-refractivity contribution >= 4 is 5.95 Å². The maximum atomic E-state index is 5.39. The van der Waals surface area contributed by atoms with Crippen LogP contribution in [0.1, 0.15) is 26.2 Å². The largest absolute Gasteiger partial charge is 0.381 e. The van der Waals surface area contributed by atoms with E-state index < -0.39 is 0 Å². The highest BCUT2D eigenvalue weighted by molar-refractivity contribution is 5.25. The van der Waals surface area contributed by atoms with Crippen LogP contribution in [0.15, 0.2) is 12.4 Å². The molecular weight excluding hydrogens is 202 g/mol. The van der Waals surface area contributed by atoms with E-state index in [-0.39, 0.29) is 0 Å². The third kappa shape index (κ3) is 2.98. The van der Waals surface area contributed by atoms with E-state index in [2.05, 4.69) is 21.8 Å². The Morgan fingerprint density at radius 1 is 1.62 bits per heavy atom. The SMILES string of the molecule is CCCCNc1nccn1CC1CCOC1. The van der Waals surface area contributed by atoms with Crippen LogP contribution in [-0.2, 0) is 11.3 Å². The molecule has 1 aromatic rings. The average molecular weight is 223 g/mol. The molecule has 0 amide bonds. The first-order valence-electron chi connectivity index (χ1n) is 6.23. The Morgan fingerprint density at radius 3 is 3.31 bits per heavy atom. The molecule has 1 fully saturated rings. The molecule has 0 spiro atoms. The van der Waals surface area contributed by atoms with Crippen LogP contribution in [0.4, 0.5) is 5.95 Å². The second kappa shape index (κ2) is 5.89. The third-order valence-corrected chi connectivity index (χ3v) is 3.01. The number of rotatable bonds is 6. The first-order chi connectivity index (χ1) is 7.90. The van der Waals surface area contributed by atoms with Crippen LogP contribution in [-0.4, -0.2) is 29.3 Å². The zero-order chi connectivity index (χ0) is 11.2. The van der Waals surface area contributed by atoms with Gasteiger partial charge in [0.15, 0.2) is 0 Å². The minimum Gasteiger partial charge on any atom is -0.381 e. The molecule has 0 aliphatic carbocycles. The van der Waals surface area contributed by atoms with Gasteiger partial charge in [-0.15, -0.1) is 0 Å². The van der Waals surface area contributed by atoms with Gasteiger partial charge in [0.25, 0.3) is 0 Å². The van der Waals surface area contributed by atoms with Gasteiger partial charge in [0.1, 0.15) is 0 Å². The lowest BCUT2D eigenvalue weighted by atomic mass is 10.1. The number of unbranched alkanes of at least 4 members (excludes halogenated alkanes) is 1. The lowest BCUT2D eigenvalue weighted by molar-refractivity contribution is 0.182. The second-order valence-corrected chi connectivity index (χ2v) is 4.41. The molecule has 4 heteroatoms. The predicted molar refractivity (Wildman–Crippen MR) is 64.6 cm³/mol. The van der Waals surface area contributed by atoms with Crippen LogP contribution in [0.25, 0.3) is 0 Å². The molecule has 0 aromatic carbocycles. The van der Waals surface area contributed by atoms with Gasteiger partial charge in [0.2, 0.25) is 5.95 Å². The van der Waals surface area contributed by atoms with Crippen molar-refractivity contribution in [2.45, 2.75) is 32.7 Å². The van der Waals surface area contributed by atoms with Crippen molar-refractivity contribution < 1.29 is 4.74 Å². The summed E-state index contributed by atoms with van der Waals surface area (Å²) >= 11 is 0. The van der Waals surface area contributed by atoms with Gasteiger partial charge in [-0.05, 0) is 12.8 Å². The van der Waals surface area contributed by atoms with Gasteiger partial charge in [-0.3, -0.25) is 0 Å². The number of hydrogen-bond acceptors (Lipinski definition) is 3. The smallest absolute Gasteiger partial charge is 0.202 e. The van der Waals surface area contributed by atoms with Gasteiger partial charge in [0.05, 0.1) is 6.61 Å². The van der Waals surface area contributed by atoms with Crippen molar-refractivity contribution in [3.05, 3.63) is 12.4 Å². The molecule has 0 saturated carbocycles. The van der Waals surface area contributed by atoms with Crippen molar-refractivity contribution in [2.24, 2.45) is 5.92 Å². The minimum absolute atomic E-state index is 0.654. The molecule has 2 heterocycles. The first-order valence-corrected chi connectivity index (χ1v) is 6.23. The number of imidazole rings is 1. The van der Waals surface area contributed by atoms with E-state index in [4.69, 9.17) is 4.74 Å². The summed E-state index contributed by atoms with van der Waals surface area (Å²) in [6.07, 6.45) is 7.49. The van der Waals surface area contributed by atoms with E-state index in [1.165, 1.54) is 19.3 Å². The van der Waals surface area contributed by atoms with Crippen molar-refractivity contribution in [1.29, 1.82) is 0 Å². The fourth-order valence-corrected chi connectivity index (χ4v) is 2.01. The second-order valence-electron chi connectivity index (χ2n) is 4.41. The Hall–Kier alpha value is -1.03. The molecule has 2 rings (SSSR count). The van der Waals surface area contributed by atoms with Crippen molar-refractivity contribution in [3.63, 3.8) is 0 Å². The van der Waals surface area contributed by atoms with Gasteiger partial charge in [-0.2, -0.15) is 0 Å². The van der Waals surface area contributed by atoms with Crippen LogP contribution >= 0.6 is 0 Å². The minimum atomic E-state index is 0.654. The van der Waals surface area contributed by atoms with E-state index in [1.807, 2.05) is 12.4 Å². The number of aromatic nitrogens is 2. The van der Waals surface area contributed by atoms with Gasteiger partial charge in [-0.1, -0.05) is 13.3 Å². The average Bonchev–Trinajstić information content (AvgIpc) is 2.92. The summed E-state index contributed by atoms with van der Waals surface area (Å²) in [7, 11) is 0. The fourth-order valence-electron chi connectivity index (χ4n) is 2.01. The predicted octanol–water partition coefficient (Wildman–Crippen LogP) is 2.13. The Kier molecular flexibility index (Phi) is 4.22. The summed E-state index contributed by atoms with van der Waals surface area (Å²) in [5.41, 5.74) is 0. The number of nitrogens with zero attached hydrogens (tertiary/aromatic N) is 2. The molecular formula is C12H21N3O. The summed E-state index contributed by atoms with van der Waals surface area (Å²) < 4.78 is 7.59. The molecule has 1 N–H and O–H groups in total. The summed E-state index contributed by atoms with van der Waals surface area (Å²) in [4.78, 5) is 4.34. The normalized spacial score (nSPS) is 20.2. The molecule has 90 valence electrons. The van der Waals surface area contributed by atoms with E-state index >= 15 is 0 Å². The van der Waals surface area contributed by atoms with E-state index in [1.54, 1.807) is 0 Å². The number of anilines is 1. The van der Waals surface area contributed by atoms with Crippen LogP contribution in [0.2, 0.25) is 0 Å². The molecule has 0 radical (unpaired) electrons. The van der Waals surface area contributed by atoms with Crippen LogP contribution in [0.3, 0.4) is 0 Å². The van der Waals surface area contributed by atoms with Crippen LogP contribution < -0.4 is 5.32 Å². The van der Waals surface area contributed by atoms with Crippen molar-refractivity contribution in [3.8, 4) is 0 Å². The topological polar surface area (TPSA) is 39.1 Å². The molecule has 1 aliphatic rings. The maximum Gasteiger partial charge on any atom is 0.202 e. The molecule has 1 unspecified atom stereocenters. The first kappa shape index (κ1) is 11.5. The molecule has 4 nitrogen and oxygen atoms in total. The highest BCUT2D eigenvalue weighted by Gasteiger charge is 2.17. The Bertz CT molecular complexity index is 305. The molecule has 1 aromatic heterocycles. The summed E-state index contributed by atoms with van der Waals surface area (Å²) in [6, 6.07) is 0. The van der Waals surface area contributed by atoms with Crippen LogP contribution in [0, 0.1) is 5.92 Å². The molecule has 1 saturated heterocycles. The molecule has 0 bridgehead atoms. The van der Waals surface area contributed by atoms with Gasteiger partial charge < -0.3 is 14.6 Å². The lowest BCUT2D eigenvalue weighted by Crippen LogP contribution is -2.14. The zero-order valence-corrected chi connectivity index (χ0v) is 9.98. The summed E-state index contributed by atoms with van der Waals surface area (Å²) in [6.45, 7) is 6.04. The molecule has 1 aliphatic heterocycles. The lowest BCUT2D eigenvalue weighted by Gasteiger charge is -2.12. The zero-order valence-electron chi connectivity index (χ0n) is 9.98. The summed E-state index contributed by atoms with van der Waals surface area (Å²) in [5, 5.41) is 3.38. The number of hydrogen-bond donors (Lipinski definition) is 1. The van der Waals surface area contributed by atoms with Gasteiger partial charge in [-0.25, -0.2) is 4.98 Å². The maximum absolute atomic E-state index is 5.39. The van der Waals surface area contributed by atoms with Gasteiger partial charge in [0, 0.05) is 38.0 Å². The Balaban J connectivity index is 1.85. The highest BCUT2D eigenvalue weighted by Crippen LogP contribution is 2.17. The summed E-state index contributed by atoms with van der Waals surface area (Å²) in [5.74, 6) is 1.65. The molecule has 1 atom stereocenters. The van der Waals surface area contributed by atoms with E-state index in [0.717, 1.165) is 32.3 Å². The number of ether oxygens (including phenoxy) is 1. The monoisotopic (exact) mass is 223 g/mol. The quantitative estimate of drug-likeness (QED) is 0.751. The number of nitrogens with one attached hydrogen (secondary N) is 1. The Morgan fingerprint density at radius 2 is 2.56 bits per heavy atom. The highest BCUT2D eigenvalue weighted by atomic mass is 16.5. The van der Waals surface area contributed by atoms with Crippen molar-refractivity contribution in [1.82, 2.24) is 9.55 Å². The third-order valence-electron chi connectivity index (χ3n) is 3.01.